The van der Waals surface area contributed by atoms with Gasteiger partial charge in [0.1, 0.15) is 35.1 Å². The van der Waals surface area contributed by atoms with E-state index < -0.39 is 103 Å². The van der Waals surface area contributed by atoms with E-state index in [0.29, 0.717) is 29.2 Å². The van der Waals surface area contributed by atoms with E-state index in [1.807, 2.05) is 30.4 Å². The van der Waals surface area contributed by atoms with Crippen molar-refractivity contribution in [1.82, 2.24) is 40.4 Å². The van der Waals surface area contributed by atoms with Gasteiger partial charge >= 0.3 is 12.2 Å². The number of hydrogen-bond acceptors (Lipinski definition) is 10. The van der Waals surface area contributed by atoms with Gasteiger partial charge in [-0.05, 0) is 61.3 Å². The quantitative estimate of drug-likeness (QED) is 0.156. The first-order valence-electron chi connectivity index (χ1n) is 22.0. The number of alkyl halides is 4. The Hall–Kier alpha value is -6.08. The van der Waals surface area contributed by atoms with Crippen LogP contribution in [-0.4, -0.2) is 124 Å². The number of carbonyl (C=O) groups is 4. The van der Waals surface area contributed by atoms with Crippen LogP contribution in [0.25, 0.3) is 16.8 Å². The molecule has 4 N–H and O–H groups in total. The second kappa shape index (κ2) is 17.4. The molecular formula is C45H55F4N9O7. The lowest BCUT2D eigenvalue weighted by molar-refractivity contribution is -0.137. The van der Waals surface area contributed by atoms with Crippen LogP contribution in [0, 0.1) is 11.8 Å². The molecule has 1 aliphatic carbocycles. The van der Waals surface area contributed by atoms with Gasteiger partial charge in [-0.25, -0.2) is 37.1 Å². The van der Waals surface area contributed by atoms with Crippen LogP contribution in [0.2, 0.25) is 0 Å². The zero-order chi connectivity index (χ0) is 46.6. The number of methoxy groups -OCH3 is 2. The number of aromatic amines is 2. The number of piperidine rings is 1. The molecule has 20 heteroatoms. The molecule has 4 atom stereocenters. The fourth-order valence-corrected chi connectivity index (χ4v) is 9.24. The van der Waals surface area contributed by atoms with Crippen molar-refractivity contribution in [3.05, 3.63) is 65.7 Å². The van der Waals surface area contributed by atoms with Crippen LogP contribution in [0.1, 0.15) is 95.6 Å². The van der Waals surface area contributed by atoms with Crippen molar-refractivity contribution in [1.29, 1.82) is 0 Å². The number of ether oxygens (including phenoxy) is 3. The second-order valence-electron chi connectivity index (χ2n) is 18.4. The summed E-state index contributed by atoms with van der Waals surface area (Å²) >= 11 is 0. The number of halogens is 4. The van der Waals surface area contributed by atoms with Crippen molar-refractivity contribution < 1.29 is 51.0 Å². The summed E-state index contributed by atoms with van der Waals surface area (Å²) in [5, 5.41) is 4.98. The van der Waals surface area contributed by atoms with Gasteiger partial charge in [-0.2, -0.15) is 0 Å². The predicted molar refractivity (Wildman–Crippen MR) is 229 cm³/mol. The fraction of sp³-hybridized carbons (Fsp3) is 0.556. The molecule has 3 saturated heterocycles. The monoisotopic (exact) mass is 909 g/mol. The van der Waals surface area contributed by atoms with Gasteiger partial charge in [0.25, 0.3) is 11.8 Å². The molecule has 4 unspecified atom stereocenters. The standard InChI is InChI=1S/C45H55F4N9O7/c1-24(2)35(54-41(61)63-5)39(59)57-22-44(46,47)17-32(57)37-50-19-29(52-37)26-9-10-31-34(16-26)65-43(13-14-43)12-11-28(27-8-7-15-56(31)21-27)30-20-51-38(53-30)33-18-45(48,49)23-58(33)40(60)36(25(3)4)55-42(62)64-6/h9-12,16,19-20,24-25,32-33,35-36H,7-8,13-15,17-18,21-23H2,1-6H3,(H,50,52)(H,51,53)(H,54,61)(H,55,62). The molecule has 4 amide bonds. The minimum atomic E-state index is -3.18. The maximum Gasteiger partial charge on any atom is 0.407 e. The second-order valence-corrected chi connectivity index (χ2v) is 18.4. The normalized spacial score (nSPS) is 22.7. The van der Waals surface area contributed by atoms with Crippen LogP contribution in [0.4, 0.5) is 32.8 Å². The summed E-state index contributed by atoms with van der Waals surface area (Å²) in [6.45, 7) is 6.43. The van der Waals surface area contributed by atoms with E-state index in [-0.39, 0.29) is 11.6 Å². The average molecular weight is 910 g/mol. The number of allylic oxidation sites excluding steroid dienone is 2. The number of fused-ring (bicyclic) bond motifs is 4. The Labute approximate surface area is 373 Å². The highest BCUT2D eigenvalue weighted by Crippen LogP contribution is 2.48. The number of amides is 4. The summed E-state index contributed by atoms with van der Waals surface area (Å²) in [5.74, 6) is -7.46. The number of anilines is 1. The van der Waals surface area contributed by atoms with Crippen LogP contribution in [0.5, 0.6) is 5.75 Å². The Morgan fingerprint density at radius 2 is 1.35 bits per heavy atom. The number of hydrogen-bond donors (Lipinski definition) is 4. The van der Waals surface area contributed by atoms with Gasteiger partial charge in [-0.1, -0.05) is 39.8 Å². The fourth-order valence-electron chi connectivity index (χ4n) is 9.24. The van der Waals surface area contributed by atoms with Crippen LogP contribution in [-0.2, 0) is 19.1 Å². The van der Waals surface area contributed by atoms with Gasteiger partial charge in [-0.3, -0.25) is 9.59 Å². The maximum absolute atomic E-state index is 15.1. The number of nitrogens with one attached hydrogen (secondary N) is 4. The van der Waals surface area contributed by atoms with Gasteiger partial charge in [0.05, 0.1) is 68.9 Å². The average Bonchev–Trinajstić information content (AvgIpc) is 3.67. The molecular weight excluding hydrogens is 855 g/mol. The van der Waals surface area contributed by atoms with Crippen molar-refractivity contribution in [3.8, 4) is 17.0 Å². The van der Waals surface area contributed by atoms with E-state index in [9.17, 15) is 19.2 Å². The van der Waals surface area contributed by atoms with E-state index in [1.165, 1.54) is 7.11 Å². The summed E-state index contributed by atoms with van der Waals surface area (Å²) < 4.78 is 76.5. The van der Waals surface area contributed by atoms with Crippen molar-refractivity contribution in [2.75, 3.05) is 45.3 Å². The maximum atomic E-state index is 15.1. The van der Waals surface area contributed by atoms with Crippen molar-refractivity contribution >= 4 is 35.3 Å². The number of carbonyl (C=O) groups excluding carboxylic acids is 4. The highest BCUT2D eigenvalue weighted by atomic mass is 19.3. The van der Waals surface area contributed by atoms with Gasteiger partial charge in [0.15, 0.2) is 0 Å². The largest absolute Gasteiger partial charge is 0.481 e. The van der Waals surface area contributed by atoms with Crippen LogP contribution in [0.3, 0.4) is 0 Å². The zero-order valence-corrected chi connectivity index (χ0v) is 37.2. The van der Waals surface area contributed by atoms with E-state index in [2.05, 4.69) is 40.2 Å². The van der Waals surface area contributed by atoms with Crippen molar-refractivity contribution in [3.63, 3.8) is 0 Å². The number of rotatable bonds is 10. The highest BCUT2D eigenvalue weighted by Gasteiger charge is 2.52. The molecule has 1 saturated carbocycles. The molecule has 6 heterocycles. The van der Waals surface area contributed by atoms with Gasteiger partial charge in [-0.15, -0.1) is 0 Å². The number of nitrogens with zero attached hydrogens (tertiary/aromatic N) is 5. The summed E-state index contributed by atoms with van der Waals surface area (Å²) in [6.07, 6.45) is 7.24. The Bertz CT molecular complexity index is 2390. The Morgan fingerprint density at radius 1 is 0.815 bits per heavy atom. The smallest absolute Gasteiger partial charge is 0.407 e. The lowest BCUT2D eigenvalue weighted by atomic mass is 9.95. The molecule has 8 rings (SSSR count). The number of H-pyrrole nitrogens is 2. The third-order valence-corrected chi connectivity index (χ3v) is 12.9. The molecule has 16 nitrogen and oxygen atoms in total. The van der Waals surface area contributed by atoms with Crippen molar-refractivity contribution in [2.45, 2.75) is 108 Å². The van der Waals surface area contributed by atoms with Crippen LogP contribution in [0.15, 0.2) is 48.3 Å². The highest BCUT2D eigenvalue weighted by molar-refractivity contribution is 5.87. The number of imidazole rings is 2. The summed E-state index contributed by atoms with van der Waals surface area (Å²) in [5.41, 5.74) is 4.00. The number of benzene rings is 1. The molecule has 4 aliphatic heterocycles. The minimum absolute atomic E-state index is 0.185. The van der Waals surface area contributed by atoms with Crippen LogP contribution < -0.4 is 20.3 Å². The third kappa shape index (κ3) is 9.38. The third-order valence-electron chi connectivity index (χ3n) is 12.9. The number of alkyl carbamates (subject to hydrolysis) is 2. The molecule has 1 aromatic carbocycles. The molecule has 65 heavy (non-hydrogen) atoms. The lowest BCUT2D eigenvalue weighted by Crippen LogP contribution is -2.51. The molecule has 2 bridgehead atoms. The van der Waals surface area contributed by atoms with Gasteiger partial charge in [0, 0.05) is 37.1 Å². The molecule has 0 radical (unpaired) electrons. The molecule has 5 aliphatic rings. The summed E-state index contributed by atoms with van der Waals surface area (Å²) in [6, 6.07) is 1.44. The number of likely N-dealkylation sites (tertiary alicyclic amines) is 2. The predicted octanol–water partition coefficient (Wildman–Crippen LogP) is 6.91. The Kier molecular flexibility index (Phi) is 12.2. The first kappa shape index (κ1) is 45.5. The molecule has 2 aromatic heterocycles. The zero-order valence-electron chi connectivity index (χ0n) is 37.2. The van der Waals surface area contributed by atoms with Gasteiger partial charge < -0.3 is 49.5 Å². The number of aromatic nitrogens is 4. The summed E-state index contributed by atoms with van der Waals surface area (Å²) in [7, 11) is 2.33. The molecule has 1 spiro atoms. The Balaban J connectivity index is 1.06. The van der Waals surface area contributed by atoms with Gasteiger partial charge in [0.2, 0.25) is 11.8 Å². The lowest BCUT2D eigenvalue weighted by Gasteiger charge is -2.34. The first-order valence-corrected chi connectivity index (χ1v) is 22.0. The molecule has 3 aromatic rings. The van der Waals surface area contributed by atoms with Crippen LogP contribution >= 0.6 is 0 Å². The van der Waals surface area contributed by atoms with Crippen molar-refractivity contribution in [2.24, 2.45) is 11.8 Å². The first-order chi connectivity index (χ1) is 30.8. The molecule has 350 valence electrons. The Morgan fingerprint density at radius 3 is 1.88 bits per heavy atom. The molecule has 4 fully saturated rings. The SMILES string of the molecule is COC(=O)NC(C(=O)N1CC(F)(F)CC1c1ncc(C2=C3CCCN(C3)c3ccc(-c4cnc(C5CC(F)(F)CN5C(=O)C(NC(=O)OC)C(C)C)[nH]4)cc3OC3(C=C2)CC3)[nH]1)C(C)C. The van der Waals surface area contributed by atoms with E-state index in [1.54, 1.807) is 40.1 Å². The van der Waals surface area contributed by atoms with E-state index >= 15 is 17.6 Å². The van der Waals surface area contributed by atoms with E-state index in [0.717, 1.165) is 66.0 Å². The topological polar surface area (TPSA) is 187 Å². The van der Waals surface area contributed by atoms with E-state index in [4.69, 9.17) is 9.47 Å². The minimum Gasteiger partial charge on any atom is -0.481 e. The summed E-state index contributed by atoms with van der Waals surface area (Å²) in [4.78, 5) is 71.5.